The van der Waals surface area contributed by atoms with Crippen LogP contribution in [0.4, 0.5) is 5.69 Å². The summed E-state index contributed by atoms with van der Waals surface area (Å²) < 4.78 is 5.33. The molecule has 1 heterocycles. The van der Waals surface area contributed by atoms with Crippen molar-refractivity contribution < 1.29 is 19.4 Å². The van der Waals surface area contributed by atoms with Crippen molar-refractivity contribution in [1.82, 2.24) is 0 Å². The molecular weight excluding hydrogens is 260 g/mol. The van der Waals surface area contributed by atoms with Crippen molar-refractivity contribution in [1.29, 1.82) is 0 Å². The molecule has 0 radical (unpaired) electrons. The molecule has 0 aromatic heterocycles. The van der Waals surface area contributed by atoms with Gasteiger partial charge in [0.25, 0.3) is 5.91 Å². The van der Waals surface area contributed by atoms with Crippen LogP contribution >= 0.6 is 0 Å². The van der Waals surface area contributed by atoms with E-state index in [1.54, 1.807) is 31.2 Å². The van der Waals surface area contributed by atoms with Crippen LogP contribution in [0.5, 0.6) is 5.75 Å². The molecule has 1 aromatic rings. The normalized spacial score (nSPS) is 18.1. The maximum Gasteiger partial charge on any atom is 0.304 e. The summed E-state index contributed by atoms with van der Waals surface area (Å²) in [5.41, 5.74) is 1.12. The van der Waals surface area contributed by atoms with E-state index in [0.717, 1.165) is 0 Å². The minimum absolute atomic E-state index is 0.234. The molecule has 0 spiro atoms. The molecule has 106 valence electrons. The van der Waals surface area contributed by atoms with Gasteiger partial charge in [-0.05, 0) is 38.1 Å². The lowest BCUT2D eigenvalue weighted by Gasteiger charge is -2.14. The Morgan fingerprint density at radius 2 is 2.05 bits per heavy atom. The van der Waals surface area contributed by atoms with Crippen LogP contribution in [0.3, 0.4) is 0 Å². The number of nitrogens with zero attached hydrogens (tertiary/aromatic N) is 2. The van der Waals surface area contributed by atoms with E-state index in [0.29, 0.717) is 23.8 Å². The van der Waals surface area contributed by atoms with E-state index in [4.69, 9.17) is 9.84 Å². The Balaban J connectivity index is 2.17. The van der Waals surface area contributed by atoms with Gasteiger partial charge in [0.2, 0.25) is 0 Å². The van der Waals surface area contributed by atoms with Gasteiger partial charge in [-0.15, -0.1) is 0 Å². The molecule has 2 rings (SSSR count). The maximum atomic E-state index is 12.2. The van der Waals surface area contributed by atoms with E-state index in [2.05, 4.69) is 5.10 Å². The third-order valence-corrected chi connectivity index (χ3v) is 3.04. The third kappa shape index (κ3) is 2.79. The number of anilines is 1. The summed E-state index contributed by atoms with van der Waals surface area (Å²) in [5.74, 6) is -1.29. The number of aliphatic carboxylic acids is 1. The van der Waals surface area contributed by atoms with E-state index in [1.807, 2.05) is 6.92 Å². The fourth-order valence-electron chi connectivity index (χ4n) is 2.05. The van der Waals surface area contributed by atoms with Gasteiger partial charge in [-0.3, -0.25) is 9.59 Å². The number of ether oxygens (including phenoxy) is 1. The van der Waals surface area contributed by atoms with Crippen molar-refractivity contribution in [2.75, 3.05) is 11.6 Å². The summed E-state index contributed by atoms with van der Waals surface area (Å²) in [6, 6.07) is 6.95. The Hall–Kier alpha value is -2.37. The first-order valence-corrected chi connectivity index (χ1v) is 6.36. The van der Waals surface area contributed by atoms with Gasteiger partial charge in [-0.1, -0.05) is 0 Å². The van der Waals surface area contributed by atoms with Gasteiger partial charge < -0.3 is 9.84 Å². The number of carbonyl (C=O) groups is 2. The SMILES string of the molecule is CCOc1ccc(N2N=C(C)C(CC(=O)O)C2=O)cc1. The average Bonchev–Trinajstić information content (AvgIpc) is 2.68. The lowest BCUT2D eigenvalue weighted by Crippen LogP contribution is -2.28. The second-order valence-electron chi connectivity index (χ2n) is 4.47. The summed E-state index contributed by atoms with van der Waals surface area (Å²) in [7, 11) is 0. The summed E-state index contributed by atoms with van der Waals surface area (Å²) in [4.78, 5) is 22.9. The molecule has 1 N–H and O–H groups in total. The second-order valence-corrected chi connectivity index (χ2v) is 4.47. The molecule has 0 bridgehead atoms. The Morgan fingerprint density at radius 3 is 2.60 bits per heavy atom. The molecule has 0 saturated heterocycles. The Morgan fingerprint density at radius 1 is 1.40 bits per heavy atom. The van der Waals surface area contributed by atoms with E-state index in [-0.39, 0.29) is 12.3 Å². The zero-order valence-electron chi connectivity index (χ0n) is 11.4. The Bertz CT molecular complexity index is 551. The molecule has 0 aliphatic carbocycles. The first-order chi connectivity index (χ1) is 9.52. The van der Waals surface area contributed by atoms with Crippen LogP contribution in [-0.4, -0.2) is 29.3 Å². The summed E-state index contributed by atoms with van der Waals surface area (Å²) in [5, 5.41) is 14.2. The van der Waals surface area contributed by atoms with Gasteiger partial charge in [-0.25, -0.2) is 5.01 Å². The van der Waals surface area contributed by atoms with Crippen molar-refractivity contribution in [3.63, 3.8) is 0 Å². The smallest absolute Gasteiger partial charge is 0.304 e. The van der Waals surface area contributed by atoms with Crippen LogP contribution in [0.2, 0.25) is 0 Å². The fourth-order valence-corrected chi connectivity index (χ4v) is 2.05. The first-order valence-electron chi connectivity index (χ1n) is 6.36. The standard InChI is InChI=1S/C14H16N2O4/c1-3-20-11-6-4-10(5-7-11)16-14(19)12(8-13(17)18)9(2)15-16/h4-7,12H,3,8H2,1-2H3,(H,17,18). The van der Waals surface area contributed by atoms with Crippen LogP contribution in [0.25, 0.3) is 0 Å². The highest BCUT2D eigenvalue weighted by molar-refractivity contribution is 6.16. The van der Waals surface area contributed by atoms with Crippen molar-refractivity contribution in [2.24, 2.45) is 11.0 Å². The lowest BCUT2D eigenvalue weighted by atomic mass is 10.0. The first kappa shape index (κ1) is 14.0. The molecular formula is C14H16N2O4. The predicted octanol–water partition coefficient (Wildman–Crippen LogP) is 1.90. The molecule has 20 heavy (non-hydrogen) atoms. The minimum atomic E-state index is -1.01. The Kier molecular flexibility index (Phi) is 4.02. The highest BCUT2D eigenvalue weighted by Crippen LogP contribution is 2.27. The Labute approximate surface area is 116 Å². The third-order valence-electron chi connectivity index (χ3n) is 3.04. The number of hydrogen-bond acceptors (Lipinski definition) is 4. The molecule has 1 unspecified atom stereocenters. The zero-order chi connectivity index (χ0) is 14.7. The van der Waals surface area contributed by atoms with Crippen molar-refractivity contribution >= 4 is 23.3 Å². The summed E-state index contributed by atoms with van der Waals surface area (Å²) >= 11 is 0. The highest BCUT2D eigenvalue weighted by atomic mass is 16.5. The molecule has 6 heteroatoms. The molecule has 1 aliphatic rings. The van der Waals surface area contributed by atoms with E-state index < -0.39 is 11.9 Å². The van der Waals surface area contributed by atoms with Crippen LogP contribution in [0.15, 0.2) is 29.4 Å². The van der Waals surface area contributed by atoms with Crippen LogP contribution < -0.4 is 9.75 Å². The predicted molar refractivity (Wildman–Crippen MR) is 73.9 cm³/mol. The number of carbonyl (C=O) groups excluding carboxylic acids is 1. The number of benzene rings is 1. The highest BCUT2D eigenvalue weighted by Gasteiger charge is 2.35. The van der Waals surface area contributed by atoms with Gasteiger partial charge in [0.05, 0.1) is 24.6 Å². The molecule has 1 atom stereocenters. The molecule has 0 fully saturated rings. The molecule has 1 aromatic carbocycles. The lowest BCUT2D eigenvalue weighted by molar-refractivity contribution is -0.139. The van der Waals surface area contributed by atoms with Gasteiger partial charge in [0, 0.05) is 5.71 Å². The van der Waals surface area contributed by atoms with Gasteiger partial charge >= 0.3 is 5.97 Å². The van der Waals surface area contributed by atoms with Gasteiger partial charge in [0.15, 0.2) is 0 Å². The molecule has 1 aliphatic heterocycles. The number of hydrazone groups is 1. The number of carboxylic acid groups (broad SMARTS) is 1. The van der Waals surface area contributed by atoms with E-state index in [1.165, 1.54) is 5.01 Å². The number of carboxylic acids is 1. The number of amides is 1. The fraction of sp³-hybridized carbons (Fsp3) is 0.357. The monoisotopic (exact) mass is 276 g/mol. The largest absolute Gasteiger partial charge is 0.494 e. The quantitative estimate of drug-likeness (QED) is 0.890. The van der Waals surface area contributed by atoms with E-state index >= 15 is 0 Å². The average molecular weight is 276 g/mol. The van der Waals surface area contributed by atoms with Crippen LogP contribution in [-0.2, 0) is 9.59 Å². The van der Waals surface area contributed by atoms with Gasteiger partial charge in [0.1, 0.15) is 5.75 Å². The molecule has 1 amide bonds. The van der Waals surface area contributed by atoms with Gasteiger partial charge in [-0.2, -0.15) is 5.10 Å². The van der Waals surface area contributed by atoms with Crippen LogP contribution in [0.1, 0.15) is 20.3 Å². The summed E-state index contributed by atoms with van der Waals surface area (Å²) in [6.07, 6.45) is -0.234. The second kappa shape index (κ2) is 5.73. The topological polar surface area (TPSA) is 79.2 Å². The molecule has 6 nitrogen and oxygen atoms in total. The van der Waals surface area contributed by atoms with Crippen molar-refractivity contribution in [3.05, 3.63) is 24.3 Å². The molecule has 0 saturated carbocycles. The van der Waals surface area contributed by atoms with Crippen LogP contribution in [0, 0.1) is 5.92 Å². The van der Waals surface area contributed by atoms with Crippen molar-refractivity contribution in [2.45, 2.75) is 20.3 Å². The van der Waals surface area contributed by atoms with E-state index in [9.17, 15) is 9.59 Å². The number of hydrogen-bond donors (Lipinski definition) is 1. The minimum Gasteiger partial charge on any atom is -0.494 e. The maximum absolute atomic E-state index is 12.2. The number of rotatable bonds is 5. The summed E-state index contributed by atoms with van der Waals surface area (Å²) in [6.45, 7) is 4.13. The van der Waals surface area contributed by atoms with Crippen molar-refractivity contribution in [3.8, 4) is 5.75 Å². The zero-order valence-corrected chi connectivity index (χ0v) is 11.4.